The van der Waals surface area contributed by atoms with Crippen LogP contribution in [0.2, 0.25) is 0 Å². The zero-order chi connectivity index (χ0) is 13.0. The summed E-state index contributed by atoms with van der Waals surface area (Å²) < 4.78 is 14.9. The molecule has 0 amide bonds. The summed E-state index contributed by atoms with van der Waals surface area (Å²) in [7, 11) is 1.89. The first-order valence-corrected chi connectivity index (χ1v) is 5.61. The second-order valence-corrected chi connectivity index (χ2v) is 3.93. The van der Waals surface area contributed by atoms with E-state index in [1.165, 1.54) is 12.1 Å². The Hall–Kier alpha value is -2.35. The van der Waals surface area contributed by atoms with Crippen LogP contribution in [0.4, 0.5) is 10.1 Å². The first kappa shape index (κ1) is 12.1. The number of rotatable bonds is 4. The van der Waals surface area contributed by atoms with E-state index in [9.17, 15) is 4.39 Å². The summed E-state index contributed by atoms with van der Waals surface area (Å²) in [5.41, 5.74) is 1.92. The van der Waals surface area contributed by atoms with E-state index in [4.69, 9.17) is 5.26 Å². The molecule has 92 valence electrons. The molecular weight excluding hydrogens is 231 g/mol. The molecule has 0 aliphatic rings. The number of hydrogen-bond donors (Lipinski definition) is 1. The van der Waals surface area contributed by atoms with Crippen LogP contribution in [0.1, 0.15) is 11.3 Å². The number of aryl methyl sites for hydroxylation is 1. The van der Waals surface area contributed by atoms with Crippen molar-refractivity contribution in [2.24, 2.45) is 7.05 Å². The Morgan fingerprint density at radius 2 is 2.28 bits per heavy atom. The number of nitrogens with one attached hydrogen (secondary N) is 1. The molecule has 1 heterocycles. The van der Waals surface area contributed by atoms with Gasteiger partial charge in [0.25, 0.3) is 0 Å². The molecule has 0 saturated heterocycles. The quantitative estimate of drug-likeness (QED) is 0.896. The lowest BCUT2D eigenvalue weighted by atomic mass is 10.2. The molecule has 0 aliphatic heterocycles. The van der Waals surface area contributed by atoms with E-state index in [-0.39, 0.29) is 5.56 Å². The first-order valence-electron chi connectivity index (χ1n) is 5.61. The van der Waals surface area contributed by atoms with Crippen molar-refractivity contribution < 1.29 is 4.39 Å². The minimum atomic E-state index is -0.491. The molecule has 0 atom stereocenters. The second kappa shape index (κ2) is 5.32. The molecule has 0 unspecified atom stereocenters. The fraction of sp³-hybridized carbons (Fsp3) is 0.231. The van der Waals surface area contributed by atoms with Crippen molar-refractivity contribution in [1.82, 2.24) is 9.78 Å². The molecule has 0 spiro atoms. The molecule has 0 fully saturated rings. The van der Waals surface area contributed by atoms with Crippen LogP contribution in [0.15, 0.2) is 30.5 Å². The fourth-order valence-corrected chi connectivity index (χ4v) is 1.70. The Balaban J connectivity index is 1.95. The van der Waals surface area contributed by atoms with Crippen molar-refractivity contribution in [1.29, 1.82) is 5.26 Å². The molecule has 2 aromatic rings. The highest BCUT2D eigenvalue weighted by molar-refractivity contribution is 5.49. The van der Waals surface area contributed by atoms with E-state index in [2.05, 4.69) is 10.4 Å². The third-order valence-electron chi connectivity index (χ3n) is 2.72. The van der Waals surface area contributed by atoms with Gasteiger partial charge in [0.15, 0.2) is 0 Å². The third-order valence-corrected chi connectivity index (χ3v) is 2.72. The second-order valence-electron chi connectivity index (χ2n) is 3.93. The molecule has 1 N–H and O–H groups in total. The van der Waals surface area contributed by atoms with Gasteiger partial charge in [-0.1, -0.05) is 0 Å². The maximum atomic E-state index is 13.1. The van der Waals surface area contributed by atoms with Gasteiger partial charge in [0, 0.05) is 37.6 Å². The lowest BCUT2D eigenvalue weighted by Gasteiger charge is -2.07. The number of halogens is 1. The standard InChI is InChI=1S/C13H13FN4/c1-18-12(5-7-17-18)4-6-16-11-2-3-13(14)10(8-11)9-15/h2-3,5,7-8,16H,4,6H2,1H3. The molecule has 5 heteroatoms. The summed E-state index contributed by atoms with van der Waals surface area (Å²) >= 11 is 0. The zero-order valence-electron chi connectivity index (χ0n) is 10.0. The van der Waals surface area contributed by atoms with E-state index < -0.39 is 5.82 Å². The van der Waals surface area contributed by atoms with Gasteiger partial charge in [-0.05, 0) is 24.3 Å². The fourth-order valence-electron chi connectivity index (χ4n) is 1.70. The Morgan fingerprint density at radius 3 is 2.94 bits per heavy atom. The minimum Gasteiger partial charge on any atom is -0.385 e. The van der Waals surface area contributed by atoms with Crippen LogP contribution < -0.4 is 5.32 Å². The Kier molecular flexibility index (Phi) is 3.58. The normalized spacial score (nSPS) is 10.1. The smallest absolute Gasteiger partial charge is 0.141 e. The van der Waals surface area contributed by atoms with Crippen molar-refractivity contribution in [3.63, 3.8) is 0 Å². The summed E-state index contributed by atoms with van der Waals surface area (Å²) in [5, 5.41) is 16.0. The molecule has 1 aromatic carbocycles. The van der Waals surface area contributed by atoms with Gasteiger partial charge >= 0.3 is 0 Å². The van der Waals surface area contributed by atoms with Gasteiger partial charge in [0.05, 0.1) is 5.56 Å². The predicted molar refractivity (Wildman–Crippen MR) is 66.5 cm³/mol. The van der Waals surface area contributed by atoms with E-state index in [1.807, 2.05) is 23.9 Å². The largest absolute Gasteiger partial charge is 0.385 e. The van der Waals surface area contributed by atoms with Crippen molar-refractivity contribution in [2.75, 3.05) is 11.9 Å². The Morgan fingerprint density at radius 1 is 1.44 bits per heavy atom. The topological polar surface area (TPSA) is 53.6 Å². The number of nitriles is 1. The summed E-state index contributed by atoms with van der Waals surface area (Å²) in [6.45, 7) is 0.704. The lowest BCUT2D eigenvalue weighted by molar-refractivity contribution is 0.624. The van der Waals surface area contributed by atoms with Crippen molar-refractivity contribution in [3.8, 4) is 6.07 Å². The predicted octanol–water partition coefficient (Wildman–Crippen LogP) is 2.09. The van der Waals surface area contributed by atoms with Crippen LogP contribution in [0.25, 0.3) is 0 Å². The van der Waals surface area contributed by atoms with Crippen LogP contribution in [0, 0.1) is 17.1 Å². The van der Waals surface area contributed by atoms with Gasteiger partial charge in [0.2, 0.25) is 0 Å². The molecular formula is C13H13FN4. The Labute approximate surface area is 105 Å². The van der Waals surface area contributed by atoms with Gasteiger partial charge in [0.1, 0.15) is 11.9 Å². The number of nitrogens with zero attached hydrogens (tertiary/aromatic N) is 3. The van der Waals surface area contributed by atoms with E-state index in [0.29, 0.717) is 6.54 Å². The molecule has 0 saturated carbocycles. The van der Waals surface area contributed by atoms with Gasteiger partial charge in [-0.25, -0.2) is 4.39 Å². The number of benzene rings is 1. The SMILES string of the molecule is Cn1nccc1CCNc1ccc(F)c(C#N)c1. The van der Waals surface area contributed by atoms with Gasteiger partial charge in [-0.15, -0.1) is 0 Å². The van der Waals surface area contributed by atoms with Gasteiger partial charge in [-0.2, -0.15) is 10.4 Å². The molecule has 1 aromatic heterocycles. The molecule has 0 bridgehead atoms. The zero-order valence-corrected chi connectivity index (χ0v) is 10.0. The number of aromatic nitrogens is 2. The number of hydrogen-bond acceptors (Lipinski definition) is 3. The van der Waals surface area contributed by atoms with Crippen molar-refractivity contribution >= 4 is 5.69 Å². The monoisotopic (exact) mass is 244 g/mol. The van der Waals surface area contributed by atoms with Crippen LogP contribution in [0.5, 0.6) is 0 Å². The maximum Gasteiger partial charge on any atom is 0.141 e. The van der Waals surface area contributed by atoms with Crippen molar-refractivity contribution in [3.05, 3.63) is 47.5 Å². The summed E-state index contributed by atoms with van der Waals surface area (Å²) in [5.74, 6) is -0.491. The number of anilines is 1. The first-order chi connectivity index (χ1) is 8.70. The van der Waals surface area contributed by atoms with Gasteiger partial charge < -0.3 is 5.32 Å². The average molecular weight is 244 g/mol. The van der Waals surface area contributed by atoms with Crippen molar-refractivity contribution in [2.45, 2.75) is 6.42 Å². The molecule has 0 radical (unpaired) electrons. The molecule has 2 rings (SSSR count). The van der Waals surface area contributed by atoms with Crippen LogP contribution in [-0.2, 0) is 13.5 Å². The summed E-state index contributed by atoms with van der Waals surface area (Å²) in [6.07, 6.45) is 2.57. The summed E-state index contributed by atoms with van der Waals surface area (Å²) in [6, 6.07) is 8.20. The molecule has 0 aliphatic carbocycles. The molecule has 18 heavy (non-hydrogen) atoms. The highest BCUT2D eigenvalue weighted by Gasteiger charge is 2.03. The highest BCUT2D eigenvalue weighted by atomic mass is 19.1. The summed E-state index contributed by atoms with van der Waals surface area (Å²) in [4.78, 5) is 0. The highest BCUT2D eigenvalue weighted by Crippen LogP contribution is 2.13. The van der Waals surface area contributed by atoms with Crippen LogP contribution in [-0.4, -0.2) is 16.3 Å². The van der Waals surface area contributed by atoms with Crippen LogP contribution >= 0.6 is 0 Å². The Bertz CT molecular complexity index is 583. The average Bonchev–Trinajstić information content (AvgIpc) is 2.77. The van der Waals surface area contributed by atoms with E-state index >= 15 is 0 Å². The minimum absolute atomic E-state index is 0.0560. The van der Waals surface area contributed by atoms with Gasteiger partial charge in [-0.3, -0.25) is 4.68 Å². The maximum absolute atomic E-state index is 13.1. The molecule has 4 nitrogen and oxygen atoms in total. The lowest BCUT2D eigenvalue weighted by Crippen LogP contribution is -2.08. The van der Waals surface area contributed by atoms with E-state index in [0.717, 1.165) is 17.8 Å². The van der Waals surface area contributed by atoms with E-state index in [1.54, 1.807) is 12.3 Å². The van der Waals surface area contributed by atoms with Crippen LogP contribution in [0.3, 0.4) is 0 Å². The third kappa shape index (κ3) is 2.66.